The molecule has 1 unspecified atom stereocenters. The number of hydrogen-bond donors (Lipinski definition) is 3. The van der Waals surface area contributed by atoms with Crippen molar-refractivity contribution in [1.82, 2.24) is 5.32 Å². The third-order valence-corrected chi connectivity index (χ3v) is 2.90. The summed E-state index contributed by atoms with van der Waals surface area (Å²) in [7, 11) is 0. The Balaban J connectivity index is 2.70. The molecular formula is C14H17NO5. The summed E-state index contributed by atoms with van der Waals surface area (Å²) in [5, 5.41) is 20.0. The molecule has 0 saturated carbocycles. The first kappa shape index (κ1) is 15.7. The summed E-state index contributed by atoms with van der Waals surface area (Å²) in [5.41, 5.74) is 1.23. The van der Waals surface area contributed by atoms with E-state index in [0.29, 0.717) is 11.1 Å². The smallest absolute Gasteiger partial charge is 0.310 e. The van der Waals surface area contributed by atoms with E-state index in [1.54, 1.807) is 31.2 Å². The van der Waals surface area contributed by atoms with E-state index >= 15 is 0 Å². The standard InChI is InChI=1S/C14H17NO5/c1-9(14(19)20)11-5-3-2-4-10(11)8-12(16)15-7-6-13(17)18/h2-5,9H,6-8H2,1H3,(H,15,16)(H,17,18)(H,19,20). The van der Waals surface area contributed by atoms with Crippen LogP contribution in [0, 0.1) is 0 Å². The Morgan fingerprint density at radius 2 is 1.85 bits per heavy atom. The van der Waals surface area contributed by atoms with Crippen LogP contribution in [0.1, 0.15) is 30.4 Å². The number of benzene rings is 1. The number of rotatable bonds is 7. The van der Waals surface area contributed by atoms with Gasteiger partial charge in [0.2, 0.25) is 5.91 Å². The Hall–Kier alpha value is -2.37. The van der Waals surface area contributed by atoms with Gasteiger partial charge in [0, 0.05) is 6.54 Å². The molecule has 20 heavy (non-hydrogen) atoms. The van der Waals surface area contributed by atoms with Crippen LogP contribution in [0.25, 0.3) is 0 Å². The molecule has 108 valence electrons. The van der Waals surface area contributed by atoms with Crippen LogP contribution in [-0.2, 0) is 20.8 Å². The first-order valence-corrected chi connectivity index (χ1v) is 6.21. The van der Waals surface area contributed by atoms with Crippen molar-refractivity contribution < 1.29 is 24.6 Å². The van der Waals surface area contributed by atoms with E-state index in [1.807, 2.05) is 0 Å². The summed E-state index contributed by atoms with van der Waals surface area (Å²) in [4.78, 5) is 33.0. The molecule has 0 bridgehead atoms. The van der Waals surface area contributed by atoms with Crippen LogP contribution < -0.4 is 5.32 Å². The van der Waals surface area contributed by atoms with Crippen molar-refractivity contribution in [2.24, 2.45) is 0 Å². The van der Waals surface area contributed by atoms with Gasteiger partial charge in [-0.2, -0.15) is 0 Å². The predicted molar refractivity (Wildman–Crippen MR) is 71.5 cm³/mol. The molecule has 0 aliphatic heterocycles. The monoisotopic (exact) mass is 279 g/mol. The summed E-state index contributed by atoms with van der Waals surface area (Å²) < 4.78 is 0. The van der Waals surface area contributed by atoms with Gasteiger partial charge in [0.05, 0.1) is 18.8 Å². The van der Waals surface area contributed by atoms with Gasteiger partial charge in [0.15, 0.2) is 0 Å². The van der Waals surface area contributed by atoms with Crippen LogP contribution in [0.2, 0.25) is 0 Å². The summed E-state index contributed by atoms with van der Waals surface area (Å²) in [6.07, 6.45) is -0.105. The molecule has 0 spiro atoms. The zero-order valence-electron chi connectivity index (χ0n) is 11.1. The van der Waals surface area contributed by atoms with E-state index in [4.69, 9.17) is 10.2 Å². The van der Waals surface area contributed by atoms with E-state index in [0.717, 1.165) is 0 Å². The topological polar surface area (TPSA) is 104 Å². The zero-order valence-corrected chi connectivity index (χ0v) is 11.1. The molecule has 1 amide bonds. The first-order chi connectivity index (χ1) is 9.41. The number of carboxylic acids is 2. The summed E-state index contributed by atoms with van der Waals surface area (Å²) in [6, 6.07) is 6.84. The van der Waals surface area contributed by atoms with Gasteiger partial charge in [0.1, 0.15) is 0 Å². The van der Waals surface area contributed by atoms with Gasteiger partial charge in [0.25, 0.3) is 0 Å². The minimum absolute atomic E-state index is 0.0351. The second-order valence-electron chi connectivity index (χ2n) is 4.43. The van der Waals surface area contributed by atoms with Crippen molar-refractivity contribution >= 4 is 17.8 Å². The highest BCUT2D eigenvalue weighted by Crippen LogP contribution is 2.20. The molecule has 6 heteroatoms. The minimum Gasteiger partial charge on any atom is -0.481 e. The maximum absolute atomic E-state index is 11.7. The molecule has 3 N–H and O–H groups in total. The van der Waals surface area contributed by atoms with Crippen LogP contribution in [0.4, 0.5) is 0 Å². The van der Waals surface area contributed by atoms with Gasteiger partial charge in [-0.1, -0.05) is 24.3 Å². The number of amides is 1. The Morgan fingerprint density at radius 1 is 1.20 bits per heavy atom. The van der Waals surface area contributed by atoms with E-state index in [-0.39, 0.29) is 25.3 Å². The lowest BCUT2D eigenvalue weighted by molar-refractivity contribution is -0.139. The molecule has 0 aliphatic rings. The lowest BCUT2D eigenvalue weighted by Gasteiger charge is -2.12. The molecule has 0 heterocycles. The van der Waals surface area contributed by atoms with Crippen molar-refractivity contribution in [2.45, 2.75) is 25.7 Å². The molecule has 1 aromatic carbocycles. The zero-order chi connectivity index (χ0) is 15.1. The van der Waals surface area contributed by atoms with Crippen molar-refractivity contribution in [1.29, 1.82) is 0 Å². The van der Waals surface area contributed by atoms with Crippen molar-refractivity contribution in [2.75, 3.05) is 6.54 Å². The Bertz CT molecular complexity index is 512. The van der Waals surface area contributed by atoms with E-state index in [1.165, 1.54) is 0 Å². The average Bonchev–Trinajstić information content (AvgIpc) is 2.38. The Labute approximate surface area is 116 Å². The van der Waals surface area contributed by atoms with Gasteiger partial charge in [-0.3, -0.25) is 14.4 Å². The van der Waals surface area contributed by atoms with Crippen molar-refractivity contribution in [3.8, 4) is 0 Å². The molecule has 1 rings (SSSR count). The Kier molecular flexibility index (Phi) is 5.71. The molecule has 0 aromatic heterocycles. The molecule has 0 fully saturated rings. The fourth-order valence-electron chi connectivity index (χ4n) is 1.79. The largest absolute Gasteiger partial charge is 0.481 e. The number of hydrogen-bond acceptors (Lipinski definition) is 3. The van der Waals surface area contributed by atoms with Gasteiger partial charge < -0.3 is 15.5 Å². The summed E-state index contributed by atoms with van der Waals surface area (Å²) in [6.45, 7) is 1.62. The second-order valence-corrected chi connectivity index (χ2v) is 4.43. The third-order valence-electron chi connectivity index (χ3n) is 2.90. The molecular weight excluding hydrogens is 262 g/mol. The highest BCUT2D eigenvalue weighted by atomic mass is 16.4. The van der Waals surface area contributed by atoms with Gasteiger partial charge >= 0.3 is 11.9 Å². The summed E-state index contributed by atoms with van der Waals surface area (Å²) >= 11 is 0. The van der Waals surface area contributed by atoms with Crippen molar-refractivity contribution in [3.63, 3.8) is 0 Å². The molecule has 0 aliphatic carbocycles. The van der Waals surface area contributed by atoms with Crippen LogP contribution in [0.5, 0.6) is 0 Å². The van der Waals surface area contributed by atoms with Crippen LogP contribution >= 0.6 is 0 Å². The normalized spacial score (nSPS) is 11.7. The fraction of sp³-hybridized carbons (Fsp3) is 0.357. The van der Waals surface area contributed by atoms with E-state index < -0.39 is 17.9 Å². The van der Waals surface area contributed by atoms with Gasteiger partial charge in [-0.05, 0) is 18.1 Å². The minimum atomic E-state index is -0.981. The molecule has 0 saturated heterocycles. The van der Waals surface area contributed by atoms with E-state index in [9.17, 15) is 14.4 Å². The maximum atomic E-state index is 11.7. The van der Waals surface area contributed by atoms with Crippen LogP contribution in [-0.4, -0.2) is 34.6 Å². The number of carbonyl (C=O) groups is 3. The van der Waals surface area contributed by atoms with Gasteiger partial charge in [-0.15, -0.1) is 0 Å². The average molecular weight is 279 g/mol. The van der Waals surface area contributed by atoms with Crippen LogP contribution in [0.3, 0.4) is 0 Å². The molecule has 1 atom stereocenters. The highest BCUT2D eigenvalue weighted by molar-refractivity contribution is 5.81. The number of carbonyl (C=O) groups excluding carboxylic acids is 1. The number of carboxylic acid groups (broad SMARTS) is 2. The van der Waals surface area contributed by atoms with Crippen LogP contribution in [0.15, 0.2) is 24.3 Å². The maximum Gasteiger partial charge on any atom is 0.310 e. The SMILES string of the molecule is CC(C(=O)O)c1ccccc1CC(=O)NCCC(=O)O. The quantitative estimate of drug-likeness (QED) is 0.691. The lowest BCUT2D eigenvalue weighted by atomic mass is 9.94. The van der Waals surface area contributed by atoms with E-state index in [2.05, 4.69) is 5.32 Å². The Morgan fingerprint density at radius 3 is 2.45 bits per heavy atom. The third kappa shape index (κ3) is 4.72. The highest BCUT2D eigenvalue weighted by Gasteiger charge is 2.18. The molecule has 1 aromatic rings. The number of nitrogens with one attached hydrogen (secondary N) is 1. The predicted octanol–water partition coefficient (Wildman–Crippen LogP) is 1.01. The lowest BCUT2D eigenvalue weighted by Crippen LogP contribution is -2.28. The molecule has 6 nitrogen and oxygen atoms in total. The first-order valence-electron chi connectivity index (χ1n) is 6.21. The summed E-state index contributed by atoms with van der Waals surface area (Å²) in [5.74, 6) is -2.96. The second kappa shape index (κ2) is 7.28. The van der Waals surface area contributed by atoms with Crippen molar-refractivity contribution in [3.05, 3.63) is 35.4 Å². The van der Waals surface area contributed by atoms with Gasteiger partial charge in [-0.25, -0.2) is 0 Å². The molecule has 0 radical (unpaired) electrons. The number of aliphatic carboxylic acids is 2. The fourth-order valence-corrected chi connectivity index (χ4v) is 1.79.